The van der Waals surface area contributed by atoms with Crippen molar-refractivity contribution in [3.05, 3.63) is 0 Å². The van der Waals surface area contributed by atoms with Crippen LogP contribution in [0.1, 0.15) is 44.9 Å². The Bertz CT molecular complexity index is 351. The molecule has 0 spiro atoms. The van der Waals surface area contributed by atoms with Crippen LogP contribution in [0, 0.1) is 5.92 Å². The molecule has 108 valence electrons. The molecule has 1 aliphatic heterocycles. The van der Waals surface area contributed by atoms with E-state index in [1.165, 1.54) is 6.42 Å². The maximum atomic E-state index is 12.6. The van der Waals surface area contributed by atoms with Crippen molar-refractivity contribution in [2.75, 3.05) is 20.1 Å². The zero-order valence-corrected chi connectivity index (χ0v) is 11.8. The molecule has 1 atom stereocenters. The van der Waals surface area contributed by atoms with Crippen molar-refractivity contribution in [2.24, 2.45) is 11.7 Å². The highest BCUT2D eigenvalue weighted by atomic mass is 16.2. The van der Waals surface area contributed by atoms with Crippen molar-refractivity contribution in [2.45, 2.75) is 50.5 Å². The van der Waals surface area contributed by atoms with E-state index in [0.717, 1.165) is 45.1 Å². The molecular weight excluding hydrogens is 242 g/mol. The number of likely N-dealkylation sites (tertiary alicyclic amines) is 1. The summed E-state index contributed by atoms with van der Waals surface area (Å²) >= 11 is 0. The summed E-state index contributed by atoms with van der Waals surface area (Å²) in [4.78, 5) is 26.1. The highest BCUT2D eigenvalue weighted by Gasteiger charge is 2.40. The zero-order chi connectivity index (χ0) is 13.9. The van der Waals surface area contributed by atoms with Gasteiger partial charge in [0.05, 0.1) is 11.5 Å². The van der Waals surface area contributed by atoms with E-state index in [9.17, 15) is 9.59 Å². The third-order valence-electron chi connectivity index (χ3n) is 4.50. The van der Waals surface area contributed by atoms with Crippen LogP contribution in [0.5, 0.6) is 0 Å². The minimum absolute atomic E-state index is 0.0345. The lowest BCUT2D eigenvalue weighted by Gasteiger charge is -2.40. The standard InChI is InChI=1S/C14H25N3O2/c1-16-12(18)11-6-5-9-17(10-11)13(19)14(15)7-3-2-4-8-14/h11H,2-10,15H2,1H3,(H,16,18). The third kappa shape index (κ3) is 3.08. The van der Waals surface area contributed by atoms with Crippen molar-refractivity contribution in [1.82, 2.24) is 10.2 Å². The van der Waals surface area contributed by atoms with Gasteiger partial charge in [0.25, 0.3) is 0 Å². The van der Waals surface area contributed by atoms with Gasteiger partial charge in [0.1, 0.15) is 0 Å². The molecule has 1 saturated heterocycles. The Morgan fingerprint density at radius 2 is 1.89 bits per heavy atom. The van der Waals surface area contributed by atoms with E-state index in [4.69, 9.17) is 5.73 Å². The van der Waals surface area contributed by atoms with Crippen molar-refractivity contribution >= 4 is 11.8 Å². The highest BCUT2D eigenvalue weighted by Crippen LogP contribution is 2.29. The molecule has 3 N–H and O–H groups in total. The Hall–Kier alpha value is -1.10. The van der Waals surface area contributed by atoms with E-state index in [-0.39, 0.29) is 17.7 Å². The van der Waals surface area contributed by atoms with Crippen LogP contribution in [0.4, 0.5) is 0 Å². The molecule has 0 radical (unpaired) electrons. The maximum absolute atomic E-state index is 12.6. The number of carbonyl (C=O) groups is 2. The second-order valence-corrected chi connectivity index (χ2v) is 5.92. The number of carbonyl (C=O) groups excluding carboxylic acids is 2. The summed E-state index contributed by atoms with van der Waals surface area (Å²) in [6, 6.07) is 0. The summed E-state index contributed by atoms with van der Waals surface area (Å²) in [6.07, 6.45) is 6.57. The van der Waals surface area contributed by atoms with Crippen LogP contribution in [0.25, 0.3) is 0 Å². The quantitative estimate of drug-likeness (QED) is 0.770. The number of nitrogens with two attached hydrogens (primary N) is 1. The van der Waals surface area contributed by atoms with Gasteiger partial charge in [-0.15, -0.1) is 0 Å². The van der Waals surface area contributed by atoms with Gasteiger partial charge in [0.15, 0.2) is 0 Å². The Labute approximate surface area is 114 Å². The molecular formula is C14H25N3O2. The molecule has 1 heterocycles. The SMILES string of the molecule is CNC(=O)C1CCCN(C(=O)C2(N)CCCCC2)C1. The van der Waals surface area contributed by atoms with Gasteiger partial charge >= 0.3 is 0 Å². The number of nitrogens with one attached hydrogen (secondary N) is 1. The van der Waals surface area contributed by atoms with Gasteiger partial charge in [-0.3, -0.25) is 9.59 Å². The largest absolute Gasteiger partial charge is 0.359 e. The van der Waals surface area contributed by atoms with Gasteiger partial charge < -0.3 is 16.0 Å². The second-order valence-electron chi connectivity index (χ2n) is 5.92. The van der Waals surface area contributed by atoms with Crippen LogP contribution >= 0.6 is 0 Å². The van der Waals surface area contributed by atoms with Crippen LogP contribution in [0.15, 0.2) is 0 Å². The molecule has 1 unspecified atom stereocenters. The molecule has 1 aliphatic carbocycles. The van der Waals surface area contributed by atoms with Gasteiger partial charge in [-0.05, 0) is 25.7 Å². The average molecular weight is 267 g/mol. The maximum Gasteiger partial charge on any atom is 0.242 e. The third-order valence-corrected chi connectivity index (χ3v) is 4.50. The summed E-state index contributed by atoms with van der Waals surface area (Å²) in [7, 11) is 1.65. The molecule has 5 heteroatoms. The molecule has 1 saturated carbocycles. The molecule has 0 aromatic carbocycles. The molecule has 0 bridgehead atoms. The first-order valence-electron chi connectivity index (χ1n) is 7.37. The van der Waals surface area contributed by atoms with Crippen molar-refractivity contribution in [3.8, 4) is 0 Å². The molecule has 5 nitrogen and oxygen atoms in total. The molecule has 0 aromatic rings. The van der Waals surface area contributed by atoms with Gasteiger partial charge in [0.2, 0.25) is 11.8 Å². The first kappa shape index (κ1) is 14.3. The molecule has 2 amide bonds. The second kappa shape index (κ2) is 5.90. The van der Waals surface area contributed by atoms with Crippen LogP contribution in [0.3, 0.4) is 0 Å². The minimum atomic E-state index is -0.678. The Morgan fingerprint density at radius 1 is 1.21 bits per heavy atom. The Balaban J connectivity index is 2.00. The number of nitrogens with zero attached hydrogens (tertiary/aromatic N) is 1. The number of hydrogen-bond acceptors (Lipinski definition) is 3. The van der Waals surface area contributed by atoms with Crippen molar-refractivity contribution < 1.29 is 9.59 Å². The smallest absolute Gasteiger partial charge is 0.242 e. The first-order valence-corrected chi connectivity index (χ1v) is 7.37. The molecule has 0 aromatic heterocycles. The fraction of sp³-hybridized carbons (Fsp3) is 0.857. The van der Waals surface area contributed by atoms with E-state index < -0.39 is 5.54 Å². The van der Waals surface area contributed by atoms with Gasteiger partial charge in [-0.25, -0.2) is 0 Å². The van der Waals surface area contributed by atoms with E-state index in [2.05, 4.69) is 5.32 Å². The van der Waals surface area contributed by atoms with Gasteiger partial charge in [0, 0.05) is 20.1 Å². The fourth-order valence-corrected chi connectivity index (χ4v) is 3.29. The van der Waals surface area contributed by atoms with Crippen LogP contribution < -0.4 is 11.1 Å². The normalized spacial score (nSPS) is 26.8. The monoisotopic (exact) mass is 267 g/mol. The van der Waals surface area contributed by atoms with Crippen LogP contribution in [-0.4, -0.2) is 42.4 Å². The predicted molar refractivity (Wildman–Crippen MR) is 73.4 cm³/mol. The Morgan fingerprint density at radius 3 is 2.53 bits per heavy atom. The summed E-state index contributed by atoms with van der Waals surface area (Å²) in [5.41, 5.74) is 5.62. The van der Waals surface area contributed by atoms with E-state index in [0.29, 0.717) is 6.54 Å². The summed E-state index contributed by atoms with van der Waals surface area (Å²) in [5.74, 6) is 0.0166. The summed E-state index contributed by atoms with van der Waals surface area (Å²) < 4.78 is 0. The lowest BCUT2D eigenvalue weighted by atomic mass is 9.81. The van der Waals surface area contributed by atoms with Crippen molar-refractivity contribution in [1.29, 1.82) is 0 Å². The molecule has 2 rings (SSSR count). The zero-order valence-electron chi connectivity index (χ0n) is 11.8. The summed E-state index contributed by atoms with van der Waals surface area (Å²) in [6.45, 7) is 1.27. The number of piperidine rings is 1. The van der Waals surface area contributed by atoms with Gasteiger partial charge in [-0.1, -0.05) is 19.3 Å². The molecule has 19 heavy (non-hydrogen) atoms. The van der Waals surface area contributed by atoms with Crippen molar-refractivity contribution in [3.63, 3.8) is 0 Å². The van der Waals surface area contributed by atoms with Gasteiger partial charge in [-0.2, -0.15) is 0 Å². The minimum Gasteiger partial charge on any atom is -0.359 e. The van der Waals surface area contributed by atoms with E-state index in [1.807, 2.05) is 4.90 Å². The van der Waals surface area contributed by atoms with E-state index >= 15 is 0 Å². The topological polar surface area (TPSA) is 75.4 Å². The molecule has 2 fully saturated rings. The number of amides is 2. The Kier molecular flexibility index (Phi) is 4.45. The fourth-order valence-electron chi connectivity index (χ4n) is 3.29. The number of hydrogen-bond donors (Lipinski definition) is 2. The lowest BCUT2D eigenvalue weighted by molar-refractivity contribution is -0.141. The predicted octanol–water partition coefficient (Wildman–Crippen LogP) is 0.633. The first-order chi connectivity index (χ1) is 9.07. The van der Waals surface area contributed by atoms with Crippen LogP contribution in [-0.2, 0) is 9.59 Å². The van der Waals surface area contributed by atoms with E-state index in [1.54, 1.807) is 7.05 Å². The number of rotatable bonds is 2. The summed E-state index contributed by atoms with van der Waals surface area (Å²) in [5, 5.41) is 2.68. The lowest BCUT2D eigenvalue weighted by Crippen LogP contribution is -2.58. The van der Waals surface area contributed by atoms with Crippen LogP contribution in [0.2, 0.25) is 0 Å². The highest BCUT2D eigenvalue weighted by molar-refractivity contribution is 5.87. The average Bonchev–Trinajstić information content (AvgIpc) is 2.46. The molecule has 2 aliphatic rings.